The normalized spacial score (nSPS) is 16.8. The number of carbonyl (C=O) groups excluding carboxylic acids is 4. The van der Waals surface area contributed by atoms with Gasteiger partial charge in [0.05, 0.1) is 46.6 Å². The Morgan fingerprint density at radius 3 is 1.16 bits per heavy atom. The fraction of sp³-hybridized carbons (Fsp3) is 0.250. The van der Waals surface area contributed by atoms with Gasteiger partial charge in [0.25, 0.3) is 20.0 Å². The highest BCUT2D eigenvalue weighted by atomic mass is 32.2. The van der Waals surface area contributed by atoms with Crippen molar-refractivity contribution >= 4 is 54.6 Å². The Morgan fingerprint density at radius 1 is 0.473 bits per heavy atom. The highest BCUT2D eigenvalue weighted by Crippen LogP contribution is 2.44. The van der Waals surface area contributed by atoms with Gasteiger partial charge in [-0.15, -0.1) is 0 Å². The monoisotopic (exact) mass is 1030 g/mol. The minimum atomic E-state index is -4.14. The van der Waals surface area contributed by atoms with Crippen molar-refractivity contribution in [2.75, 3.05) is 14.2 Å². The lowest BCUT2D eigenvalue weighted by molar-refractivity contribution is 0.0946. The van der Waals surface area contributed by atoms with Crippen molar-refractivity contribution in [3.63, 3.8) is 0 Å². The van der Waals surface area contributed by atoms with E-state index in [9.17, 15) is 16.8 Å². The molecule has 4 aliphatic rings. The van der Waals surface area contributed by atoms with E-state index in [0.717, 1.165) is 22.3 Å². The van der Waals surface area contributed by atoms with E-state index in [1.165, 1.54) is 38.1 Å². The van der Waals surface area contributed by atoms with E-state index < -0.39 is 43.2 Å². The summed E-state index contributed by atoms with van der Waals surface area (Å²) in [7, 11) is -5.18. The number of ether oxygens (including phenoxy) is 2. The van der Waals surface area contributed by atoms with E-state index in [1.54, 1.807) is 71.9 Å². The first-order valence-electron chi connectivity index (χ1n) is 24.1. The summed E-state index contributed by atoms with van der Waals surface area (Å²) in [5.41, 5.74) is 5.13. The molecule has 0 amide bonds. The molecule has 0 atom stereocenters. The molecule has 0 unspecified atom stereocenters. The highest BCUT2D eigenvalue weighted by molar-refractivity contribution is 7.89. The Balaban J connectivity index is 1.12. The molecule has 0 aliphatic heterocycles. The Bertz CT molecular complexity index is 3500. The summed E-state index contributed by atoms with van der Waals surface area (Å²) in [6.07, 6.45) is 2.42. The molecule has 378 valence electrons. The molecule has 4 aromatic carbocycles. The van der Waals surface area contributed by atoms with Gasteiger partial charge in [-0.2, -0.15) is 36.7 Å². The van der Waals surface area contributed by atoms with Gasteiger partial charge in [-0.25, -0.2) is 0 Å². The summed E-state index contributed by atoms with van der Waals surface area (Å²) in [5.74, 6) is -1.27. The lowest BCUT2D eigenvalue weighted by atomic mass is 9.75. The third-order valence-electron chi connectivity index (χ3n) is 14.3. The van der Waals surface area contributed by atoms with E-state index in [1.807, 2.05) is 38.1 Å². The van der Waals surface area contributed by atoms with Crippen LogP contribution >= 0.6 is 0 Å². The predicted octanol–water partition coefficient (Wildman–Crippen LogP) is 8.15. The van der Waals surface area contributed by atoms with Gasteiger partial charge in [-0.05, 0) is 126 Å². The van der Waals surface area contributed by atoms with Gasteiger partial charge in [0.1, 0.15) is 22.9 Å². The predicted molar refractivity (Wildman–Crippen MR) is 278 cm³/mol. The number of ketones is 4. The molecule has 0 fully saturated rings. The standard InChI is InChI=1S/C56H52N6O10S2/c1-31-13-25-39(26-14-31)73(67,68)59-57-41-9-7-11-43-47(41)49-51(61(43)29-35-17-21-37(71-5)22-18-35)55(65)45(33(3)53(49)63)46-34(4)54(64)50-48-42(58-60-74(69,70)40-27-15-32(2)16-28-40)10-8-12-44(48)62(52(50)56(46)66)30-36-19-23-38(72-6)24-20-36/h13-28,59-60H,7-12,29-30H2,1-6H3/b57-41+,58-42+. The number of aromatic nitrogens is 2. The summed E-state index contributed by atoms with van der Waals surface area (Å²) in [5, 5.41) is 8.88. The van der Waals surface area contributed by atoms with Gasteiger partial charge in [0.2, 0.25) is 11.6 Å². The Morgan fingerprint density at radius 2 is 0.824 bits per heavy atom. The van der Waals surface area contributed by atoms with E-state index >= 15 is 19.2 Å². The zero-order valence-electron chi connectivity index (χ0n) is 41.6. The smallest absolute Gasteiger partial charge is 0.276 e. The number of benzene rings is 4. The molecule has 2 heterocycles. The lowest BCUT2D eigenvalue weighted by Gasteiger charge is -2.25. The number of rotatable bonds is 13. The molecule has 16 nitrogen and oxygen atoms in total. The molecular weight excluding hydrogens is 981 g/mol. The molecule has 0 radical (unpaired) electrons. The Labute approximate surface area is 428 Å². The second kappa shape index (κ2) is 19.1. The van der Waals surface area contributed by atoms with Crippen LogP contribution in [0, 0.1) is 13.8 Å². The number of hydrogen-bond acceptors (Lipinski definition) is 12. The summed E-state index contributed by atoms with van der Waals surface area (Å²) in [4.78, 5) is 66.8. The first-order valence-corrected chi connectivity index (χ1v) is 27.1. The third-order valence-corrected chi connectivity index (χ3v) is 16.7. The van der Waals surface area contributed by atoms with E-state index in [-0.39, 0.29) is 92.0 Å². The maximum Gasteiger partial charge on any atom is 0.276 e. The second-order valence-corrected chi connectivity index (χ2v) is 22.2. The van der Waals surface area contributed by atoms with Gasteiger partial charge in [0, 0.05) is 57.9 Å². The van der Waals surface area contributed by atoms with Crippen LogP contribution in [0.5, 0.6) is 11.5 Å². The highest BCUT2D eigenvalue weighted by Gasteiger charge is 2.47. The summed E-state index contributed by atoms with van der Waals surface area (Å²) >= 11 is 0. The number of methoxy groups -OCH3 is 2. The van der Waals surface area contributed by atoms with Crippen LogP contribution in [0.4, 0.5) is 0 Å². The van der Waals surface area contributed by atoms with Crippen LogP contribution in [-0.4, -0.2) is 74.7 Å². The lowest BCUT2D eigenvalue weighted by Crippen LogP contribution is -2.32. The minimum absolute atomic E-state index is 0.00186. The van der Waals surface area contributed by atoms with Crippen molar-refractivity contribution in [3.05, 3.63) is 187 Å². The zero-order valence-corrected chi connectivity index (χ0v) is 43.2. The number of Topliss-reactive ketones (excluding diaryl/α,β-unsaturated/α-hetero) is 4. The molecule has 74 heavy (non-hydrogen) atoms. The van der Waals surface area contributed by atoms with Gasteiger partial charge in [0.15, 0.2) is 11.6 Å². The third kappa shape index (κ3) is 8.60. The van der Waals surface area contributed by atoms with Crippen LogP contribution < -0.4 is 19.1 Å². The van der Waals surface area contributed by atoms with Crippen LogP contribution in [0.15, 0.2) is 139 Å². The van der Waals surface area contributed by atoms with Crippen molar-refractivity contribution in [2.24, 2.45) is 10.2 Å². The second-order valence-electron chi connectivity index (χ2n) is 18.9. The molecule has 2 aromatic heterocycles. The van der Waals surface area contributed by atoms with E-state index in [4.69, 9.17) is 9.47 Å². The van der Waals surface area contributed by atoms with Crippen LogP contribution in [0.1, 0.15) is 126 Å². The Kier molecular flexibility index (Phi) is 12.8. The molecule has 0 saturated carbocycles. The molecule has 6 aromatic rings. The zero-order chi connectivity index (χ0) is 52.4. The van der Waals surface area contributed by atoms with Gasteiger partial charge < -0.3 is 18.6 Å². The molecule has 0 bridgehead atoms. The van der Waals surface area contributed by atoms with Crippen molar-refractivity contribution in [2.45, 2.75) is 89.1 Å². The number of carbonyl (C=O) groups is 4. The molecular formula is C56H52N6O10S2. The van der Waals surface area contributed by atoms with Crippen molar-refractivity contribution in [1.82, 2.24) is 18.8 Å². The number of aryl methyl sites for hydroxylation is 2. The van der Waals surface area contributed by atoms with Gasteiger partial charge in [-0.3, -0.25) is 19.2 Å². The molecule has 0 saturated heterocycles. The molecule has 18 heteroatoms. The topological polar surface area (TPSA) is 214 Å². The summed E-state index contributed by atoms with van der Waals surface area (Å²) in [6.45, 7) is 6.83. The van der Waals surface area contributed by atoms with Crippen LogP contribution in [0.2, 0.25) is 0 Å². The number of hydrazone groups is 2. The fourth-order valence-electron chi connectivity index (χ4n) is 10.4. The molecule has 2 N–H and O–H groups in total. The van der Waals surface area contributed by atoms with Crippen LogP contribution in [0.25, 0.3) is 0 Å². The molecule has 4 aliphatic carbocycles. The quantitative estimate of drug-likeness (QED) is 0.106. The number of nitrogens with zero attached hydrogens (tertiary/aromatic N) is 4. The van der Waals surface area contributed by atoms with Crippen LogP contribution in [0.3, 0.4) is 0 Å². The number of fused-ring (bicyclic) bond motifs is 6. The maximum atomic E-state index is 15.7. The first-order chi connectivity index (χ1) is 35.4. The average molecular weight is 1030 g/mol. The van der Waals surface area contributed by atoms with Crippen LogP contribution in [-0.2, 0) is 46.0 Å². The van der Waals surface area contributed by atoms with Crippen molar-refractivity contribution in [1.29, 1.82) is 0 Å². The average Bonchev–Trinajstić information content (AvgIpc) is 3.94. The minimum Gasteiger partial charge on any atom is -0.497 e. The Hall–Kier alpha value is -7.96. The van der Waals surface area contributed by atoms with Gasteiger partial charge >= 0.3 is 0 Å². The summed E-state index contributed by atoms with van der Waals surface area (Å²) < 4.78 is 68.5. The SMILES string of the molecule is COc1ccc(Cn2c3c(c4c2C(=O)C(C2=C(C)C(=O)c5c6c(n(Cc7ccc(OC)cc7)c5C2=O)CCC/C6=N\NS(=O)(=O)c2ccc(C)cc2)=C(C)C4=O)/C(=N/NS(=O)(=O)c2ccc(C)cc2)CCC3)cc1. The first kappa shape index (κ1) is 49.6. The molecule has 10 rings (SSSR count). The maximum absolute atomic E-state index is 15.7. The fourth-order valence-corrected chi connectivity index (χ4v) is 12.1. The molecule has 0 spiro atoms. The van der Waals surface area contributed by atoms with E-state index in [2.05, 4.69) is 19.9 Å². The number of allylic oxidation sites excluding steroid dienone is 4. The van der Waals surface area contributed by atoms with E-state index in [0.29, 0.717) is 59.7 Å². The number of nitrogens with one attached hydrogen (secondary N) is 2. The number of hydrogen-bond donors (Lipinski definition) is 2. The number of sulfonamides is 2. The van der Waals surface area contributed by atoms with Gasteiger partial charge in [-0.1, -0.05) is 59.7 Å². The van der Waals surface area contributed by atoms with Crippen molar-refractivity contribution < 1.29 is 45.5 Å². The summed E-state index contributed by atoms with van der Waals surface area (Å²) in [6, 6.07) is 27.1. The largest absolute Gasteiger partial charge is 0.497 e. The van der Waals surface area contributed by atoms with Crippen molar-refractivity contribution in [3.8, 4) is 11.5 Å².